The van der Waals surface area contributed by atoms with Gasteiger partial charge in [-0.15, -0.1) is 0 Å². The quantitative estimate of drug-likeness (QED) is 0.519. The van der Waals surface area contributed by atoms with Gasteiger partial charge in [-0.1, -0.05) is 13.8 Å². The van der Waals surface area contributed by atoms with E-state index in [2.05, 4.69) is 19.9 Å². The molecular formula is C10H15N. The number of nitriles is 1. The Bertz CT molecular complexity index is 215. The van der Waals surface area contributed by atoms with Crippen LogP contribution < -0.4 is 0 Å². The molecule has 2 rings (SSSR count). The van der Waals surface area contributed by atoms with Gasteiger partial charge in [0.15, 0.2) is 0 Å². The smallest absolute Gasteiger partial charge is 0.0661 e. The summed E-state index contributed by atoms with van der Waals surface area (Å²) in [5.41, 5.74) is 0.519. The maximum atomic E-state index is 8.92. The largest absolute Gasteiger partial charge is 0.198 e. The van der Waals surface area contributed by atoms with Crippen molar-refractivity contribution in [1.82, 2.24) is 0 Å². The van der Waals surface area contributed by atoms with Crippen LogP contribution in [0.4, 0.5) is 0 Å². The average Bonchev–Trinajstić information content (AvgIpc) is 2.43. The lowest BCUT2D eigenvalue weighted by Gasteiger charge is -2.30. The van der Waals surface area contributed by atoms with Crippen molar-refractivity contribution in [2.24, 2.45) is 23.2 Å². The molecule has 0 saturated heterocycles. The fourth-order valence-corrected chi connectivity index (χ4v) is 3.10. The molecule has 2 saturated carbocycles. The highest BCUT2D eigenvalue weighted by molar-refractivity contribution is 5.08. The monoisotopic (exact) mass is 149 g/mol. The molecule has 0 heterocycles. The van der Waals surface area contributed by atoms with E-state index in [0.29, 0.717) is 17.3 Å². The molecule has 0 amide bonds. The van der Waals surface area contributed by atoms with E-state index in [4.69, 9.17) is 5.26 Å². The number of hydrogen-bond acceptors (Lipinski definition) is 1. The van der Waals surface area contributed by atoms with Crippen LogP contribution in [0.15, 0.2) is 0 Å². The Labute approximate surface area is 68.4 Å². The summed E-state index contributed by atoms with van der Waals surface area (Å²) in [5, 5.41) is 8.92. The summed E-state index contributed by atoms with van der Waals surface area (Å²) in [6, 6.07) is 2.47. The van der Waals surface area contributed by atoms with Gasteiger partial charge in [0.1, 0.15) is 0 Å². The molecule has 0 aromatic rings. The van der Waals surface area contributed by atoms with Gasteiger partial charge in [0.25, 0.3) is 0 Å². The minimum atomic E-state index is 0.369. The van der Waals surface area contributed by atoms with Gasteiger partial charge in [-0.2, -0.15) is 5.26 Å². The molecule has 2 fully saturated rings. The summed E-state index contributed by atoms with van der Waals surface area (Å²) in [6.07, 6.45) is 3.97. The van der Waals surface area contributed by atoms with Crippen LogP contribution in [0.3, 0.4) is 0 Å². The van der Waals surface area contributed by atoms with E-state index in [0.717, 1.165) is 5.92 Å². The molecule has 2 aliphatic rings. The Morgan fingerprint density at radius 3 is 2.64 bits per heavy atom. The predicted octanol–water partition coefficient (Wildman–Crippen LogP) is 2.58. The summed E-state index contributed by atoms with van der Waals surface area (Å²) in [5.74, 6) is 1.75. The number of nitrogens with zero attached hydrogens (tertiary/aromatic N) is 1. The lowest BCUT2D eigenvalue weighted by Crippen LogP contribution is -2.25. The normalized spacial score (nSPS) is 54.5. The van der Waals surface area contributed by atoms with E-state index < -0.39 is 0 Å². The summed E-state index contributed by atoms with van der Waals surface area (Å²) >= 11 is 0. The average molecular weight is 149 g/mol. The first kappa shape index (κ1) is 7.16. The zero-order valence-electron chi connectivity index (χ0n) is 7.30. The SMILES string of the molecule is CC1C(C#N)C2CCC1(C)C2. The zero-order valence-corrected chi connectivity index (χ0v) is 7.30. The Kier molecular flexibility index (Phi) is 1.30. The molecule has 1 heteroatoms. The second-order valence-electron chi connectivity index (χ2n) is 4.60. The van der Waals surface area contributed by atoms with Crippen molar-refractivity contribution in [2.75, 3.05) is 0 Å². The summed E-state index contributed by atoms with van der Waals surface area (Å²) in [7, 11) is 0. The van der Waals surface area contributed by atoms with E-state index in [-0.39, 0.29) is 0 Å². The lowest BCUT2D eigenvalue weighted by molar-refractivity contribution is 0.195. The van der Waals surface area contributed by atoms with Gasteiger partial charge >= 0.3 is 0 Å². The fourth-order valence-electron chi connectivity index (χ4n) is 3.10. The van der Waals surface area contributed by atoms with Crippen LogP contribution in [-0.4, -0.2) is 0 Å². The van der Waals surface area contributed by atoms with Crippen molar-refractivity contribution in [3.05, 3.63) is 0 Å². The molecule has 1 nitrogen and oxygen atoms in total. The molecule has 60 valence electrons. The van der Waals surface area contributed by atoms with Crippen molar-refractivity contribution < 1.29 is 0 Å². The molecule has 4 unspecified atom stereocenters. The second kappa shape index (κ2) is 2.00. The molecule has 0 N–H and O–H groups in total. The van der Waals surface area contributed by atoms with Crippen LogP contribution in [-0.2, 0) is 0 Å². The van der Waals surface area contributed by atoms with Crippen molar-refractivity contribution >= 4 is 0 Å². The number of rotatable bonds is 0. The first-order valence-electron chi connectivity index (χ1n) is 4.57. The van der Waals surface area contributed by atoms with Crippen LogP contribution in [0.25, 0.3) is 0 Å². The van der Waals surface area contributed by atoms with Crippen molar-refractivity contribution in [1.29, 1.82) is 5.26 Å². The van der Waals surface area contributed by atoms with Crippen LogP contribution in [0.5, 0.6) is 0 Å². The van der Waals surface area contributed by atoms with Gasteiger partial charge in [-0.3, -0.25) is 0 Å². The Balaban J connectivity index is 2.28. The third kappa shape index (κ3) is 0.759. The van der Waals surface area contributed by atoms with Crippen LogP contribution >= 0.6 is 0 Å². The molecule has 4 atom stereocenters. The second-order valence-corrected chi connectivity index (χ2v) is 4.60. The van der Waals surface area contributed by atoms with Crippen LogP contribution in [0.1, 0.15) is 33.1 Å². The Morgan fingerprint density at radius 1 is 1.55 bits per heavy atom. The van der Waals surface area contributed by atoms with Gasteiger partial charge < -0.3 is 0 Å². The van der Waals surface area contributed by atoms with E-state index in [1.54, 1.807) is 0 Å². The highest BCUT2D eigenvalue weighted by Gasteiger charge is 2.52. The van der Waals surface area contributed by atoms with Crippen LogP contribution in [0.2, 0.25) is 0 Å². The van der Waals surface area contributed by atoms with E-state index in [1.807, 2.05) is 0 Å². The molecule has 2 bridgehead atoms. The van der Waals surface area contributed by atoms with Gasteiger partial charge in [0.05, 0.1) is 12.0 Å². The minimum absolute atomic E-state index is 0.369. The summed E-state index contributed by atoms with van der Waals surface area (Å²) in [6.45, 7) is 4.61. The maximum Gasteiger partial charge on any atom is 0.0661 e. The molecule has 0 aromatic carbocycles. The Morgan fingerprint density at radius 2 is 2.27 bits per heavy atom. The maximum absolute atomic E-state index is 8.92. The summed E-state index contributed by atoms with van der Waals surface area (Å²) < 4.78 is 0. The standard InChI is InChI=1S/C10H15N/c1-7-9(6-11)8-3-4-10(7,2)5-8/h7-9H,3-5H2,1-2H3. The lowest BCUT2D eigenvalue weighted by atomic mass is 9.73. The fraction of sp³-hybridized carbons (Fsp3) is 0.900. The van der Waals surface area contributed by atoms with E-state index in [1.165, 1.54) is 19.3 Å². The highest BCUT2D eigenvalue weighted by Crippen LogP contribution is 2.59. The van der Waals surface area contributed by atoms with E-state index in [9.17, 15) is 0 Å². The van der Waals surface area contributed by atoms with Gasteiger partial charge in [0.2, 0.25) is 0 Å². The molecular weight excluding hydrogens is 134 g/mol. The topological polar surface area (TPSA) is 23.8 Å². The van der Waals surface area contributed by atoms with Crippen molar-refractivity contribution in [3.8, 4) is 6.07 Å². The number of fused-ring (bicyclic) bond motifs is 2. The molecule has 0 spiro atoms. The number of hydrogen-bond donors (Lipinski definition) is 0. The third-order valence-electron chi connectivity index (χ3n) is 4.11. The molecule has 2 aliphatic carbocycles. The van der Waals surface area contributed by atoms with Crippen molar-refractivity contribution in [3.63, 3.8) is 0 Å². The zero-order chi connectivity index (χ0) is 8.06. The molecule has 0 aliphatic heterocycles. The first-order valence-corrected chi connectivity index (χ1v) is 4.57. The van der Waals surface area contributed by atoms with Crippen LogP contribution in [0, 0.1) is 34.5 Å². The van der Waals surface area contributed by atoms with Gasteiger partial charge in [0, 0.05) is 0 Å². The van der Waals surface area contributed by atoms with Gasteiger partial charge in [-0.05, 0) is 36.5 Å². The predicted molar refractivity (Wildman–Crippen MR) is 43.7 cm³/mol. The van der Waals surface area contributed by atoms with Gasteiger partial charge in [-0.25, -0.2) is 0 Å². The van der Waals surface area contributed by atoms with Crippen molar-refractivity contribution in [2.45, 2.75) is 33.1 Å². The molecule has 0 radical (unpaired) electrons. The first-order chi connectivity index (χ1) is 5.17. The molecule has 0 aromatic heterocycles. The summed E-state index contributed by atoms with van der Waals surface area (Å²) in [4.78, 5) is 0. The highest BCUT2D eigenvalue weighted by atomic mass is 14.6. The molecule has 11 heavy (non-hydrogen) atoms. The Hall–Kier alpha value is -0.510. The third-order valence-corrected chi connectivity index (χ3v) is 4.11. The minimum Gasteiger partial charge on any atom is -0.198 e. The van der Waals surface area contributed by atoms with E-state index >= 15 is 0 Å².